The van der Waals surface area contributed by atoms with Crippen LogP contribution in [0.25, 0.3) is 0 Å². The van der Waals surface area contributed by atoms with E-state index >= 15 is 0 Å². The summed E-state index contributed by atoms with van der Waals surface area (Å²) < 4.78 is 31.5. The molecule has 9 heteroatoms. The average Bonchev–Trinajstić information content (AvgIpc) is 3.41. The summed E-state index contributed by atoms with van der Waals surface area (Å²) in [4.78, 5) is 24.2. The molecule has 1 saturated carbocycles. The van der Waals surface area contributed by atoms with Gasteiger partial charge < -0.3 is 10.1 Å². The minimum atomic E-state index is -3.55. The standard InChI is InChI=1S/C16H22N2O5S2/c1-23-16(20)14(9-10-24-2)17-15(19)11-3-7-13(8-4-11)25(21,22)18-12-5-6-12/h3-4,7-8,12,14,18H,5-6,9-10H2,1-2H3,(H,17,19)/t14-/m1/s1. The molecule has 0 heterocycles. The van der Waals surface area contributed by atoms with Crippen molar-refractivity contribution in [2.45, 2.75) is 36.2 Å². The number of hydrogen-bond donors (Lipinski definition) is 2. The van der Waals surface area contributed by atoms with E-state index in [2.05, 4.69) is 10.0 Å². The van der Waals surface area contributed by atoms with Crippen molar-refractivity contribution in [1.82, 2.24) is 10.0 Å². The number of esters is 1. The van der Waals surface area contributed by atoms with Crippen molar-refractivity contribution in [2.75, 3.05) is 19.1 Å². The van der Waals surface area contributed by atoms with Gasteiger partial charge in [0.1, 0.15) is 6.04 Å². The molecule has 1 aliphatic carbocycles. The van der Waals surface area contributed by atoms with Crippen LogP contribution < -0.4 is 10.0 Å². The molecule has 1 atom stereocenters. The van der Waals surface area contributed by atoms with Gasteiger partial charge in [0, 0.05) is 11.6 Å². The zero-order valence-corrected chi connectivity index (χ0v) is 15.8. The average molecular weight is 386 g/mol. The first-order chi connectivity index (χ1) is 11.9. The molecule has 138 valence electrons. The Balaban J connectivity index is 2.04. The maximum absolute atomic E-state index is 12.3. The Morgan fingerprint density at radius 3 is 2.44 bits per heavy atom. The van der Waals surface area contributed by atoms with E-state index in [-0.39, 0.29) is 16.5 Å². The van der Waals surface area contributed by atoms with Crippen LogP contribution >= 0.6 is 11.8 Å². The van der Waals surface area contributed by atoms with Crippen LogP contribution in [0.15, 0.2) is 29.2 Å². The first-order valence-electron chi connectivity index (χ1n) is 7.87. The number of carbonyl (C=O) groups excluding carboxylic acids is 2. The fourth-order valence-electron chi connectivity index (χ4n) is 2.14. The molecular weight excluding hydrogens is 364 g/mol. The third-order valence-corrected chi connectivity index (χ3v) is 5.91. The van der Waals surface area contributed by atoms with Gasteiger partial charge in [-0.1, -0.05) is 0 Å². The van der Waals surface area contributed by atoms with E-state index < -0.39 is 27.9 Å². The second-order valence-electron chi connectivity index (χ2n) is 5.75. The Morgan fingerprint density at radius 2 is 1.92 bits per heavy atom. The summed E-state index contributed by atoms with van der Waals surface area (Å²) in [5.41, 5.74) is 0.281. The minimum Gasteiger partial charge on any atom is -0.467 e. The van der Waals surface area contributed by atoms with Gasteiger partial charge in [-0.15, -0.1) is 0 Å². The SMILES string of the molecule is COC(=O)[C@@H](CCSC)NC(=O)c1ccc(S(=O)(=O)NC2CC2)cc1. The second-order valence-corrected chi connectivity index (χ2v) is 8.45. The number of amides is 1. The number of carbonyl (C=O) groups is 2. The van der Waals surface area contributed by atoms with Crippen molar-refractivity contribution in [2.24, 2.45) is 0 Å². The second kappa shape index (κ2) is 8.68. The molecular formula is C16H22N2O5S2. The molecule has 0 unspecified atom stereocenters. The lowest BCUT2D eigenvalue weighted by molar-refractivity contribution is -0.142. The number of ether oxygens (including phenoxy) is 1. The summed E-state index contributed by atoms with van der Waals surface area (Å²) in [7, 11) is -2.28. The number of rotatable bonds is 9. The molecule has 0 aromatic heterocycles. The summed E-state index contributed by atoms with van der Waals surface area (Å²) >= 11 is 1.56. The summed E-state index contributed by atoms with van der Waals surface area (Å²) in [5.74, 6) is -0.254. The molecule has 0 bridgehead atoms. The number of thioether (sulfide) groups is 1. The molecule has 25 heavy (non-hydrogen) atoms. The Kier molecular flexibility index (Phi) is 6.86. The van der Waals surface area contributed by atoms with Crippen LogP contribution in [0, 0.1) is 0 Å². The Bertz CT molecular complexity index is 715. The summed E-state index contributed by atoms with van der Waals surface area (Å²) in [6.45, 7) is 0. The molecule has 1 fully saturated rings. The fraction of sp³-hybridized carbons (Fsp3) is 0.500. The topological polar surface area (TPSA) is 102 Å². The highest BCUT2D eigenvalue weighted by Crippen LogP contribution is 2.22. The summed E-state index contributed by atoms with van der Waals surface area (Å²) in [6, 6.07) is 4.91. The van der Waals surface area contributed by atoms with Gasteiger partial charge in [-0.2, -0.15) is 11.8 Å². The first kappa shape index (κ1) is 19.7. The van der Waals surface area contributed by atoms with Crippen LogP contribution in [0.2, 0.25) is 0 Å². The van der Waals surface area contributed by atoms with E-state index in [1.54, 1.807) is 11.8 Å². The lowest BCUT2D eigenvalue weighted by Gasteiger charge is -2.16. The van der Waals surface area contributed by atoms with Crippen molar-refractivity contribution < 1.29 is 22.7 Å². The van der Waals surface area contributed by atoms with Crippen molar-refractivity contribution in [3.05, 3.63) is 29.8 Å². The number of benzene rings is 1. The van der Waals surface area contributed by atoms with Crippen molar-refractivity contribution in [1.29, 1.82) is 0 Å². The van der Waals surface area contributed by atoms with Crippen LogP contribution in [0.3, 0.4) is 0 Å². The fourth-order valence-corrected chi connectivity index (χ4v) is 3.92. The molecule has 1 amide bonds. The normalized spacial score (nSPS) is 15.4. The molecule has 0 radical (unpaired) electrons. The van der Waals surface area contributed by atoms with Crippen molar-refractivity contribution >= 4 is 33.7 Å². The maximum atomic E-state index is 12.3. The van der Waals surface area contributed by atoms with E-state index in [1.807, 2.05) is 6.26 Å². The molecule has 1 aliphatic rings. The van der Waals surface area contributed by atoms with Crippen LogP contribution in [0.4, 0.5) is 0 Å². The number of nitrogens with one attached hydrogen (secondary N) is 2. The van der Waals surface area contributed by atoms with Gasteiger partial charge in [-0.05, 0) is 55.5 Å². The van der Waals surface area contributed by atoms with Crippen molar-refractivity contribution in [3.63, 3.8) is 0 Å². The van der Waals surface area contributed by atoms with Gasteiger partial charge in [0.2, 0.25) is 10.0 Å². The van der Waals surface area contributed by atoms with Gasteiger partial charge in [0.25, 0.3) is 5.91 Å². The summed E-state index contributed by atoms with van der Waals surface area (Å²) in [6.07, 6.45) is 4.07. The van der Waals surface area contributed by atoms with Crippen LogP contribution in [-0.2, 0) is 19.6 Å². The van der Waals surface area contributed by atoms with Crippen molar-refractivity contribution in [3.8, 4) is 0 Å². The Labute approximate surface area is 151 Å². The van der Waals surface area contributed by atoms with E-state index in [0.717, 1.165) is 12.8 Å². The third kappa shape index (κ3) is 5.72. The quantitative estimate of drug-likeness (QED) is 0.618. The smallest absolute Gasteiger partial charge is 0.328 e. The van der Waals surface area contributed by atoms with Crippen LogP contribution in [0.5, 0.6) is 0 Å². The first-order valence-corrected chi connectivity index (χ1v) is 10.7. The number of hydrogen-bond acceptors (Lipinski definition) is 6. The zero-order chi connectivity index (χ0) is 18.4. The zero-order valence-electron chi connectivity index (χ0n) is 14.2. The molecule has 0 saturated heterocycles. The maximum Gasteiger partial charge on any atom is 0.328 e. The molecule has 1 aromatic rings. The van der Waals surface area contributed by atoms with E-state index in [0.29, 0.717) is 12.2 Å². The minimum absolute atomic E-state index is 0.0187. The van der Waals surface area contributed by atoms with Gasteiger partial charge in [-0.25, -0.2) is 17.9 Å². The predicted molar refractivity (Wildman–Crippen MR) is 96.1 cm³/mol. The van der Waals surface area contributed by atoms with E-state index in [9.17, 15) is 18.0 Å². The Hall–Kier alpha value is -1.58. The highest BCUT2D eigenvalue weighted by molar-refractivity contribution is 7.98. The molecule has 0 spiro atoms. The number of sulfonamides is 1. The highest BCUT2D eigenvalue weighted by atomic mass is 32.2. The number of methoxy groups -OCH3 is 1. The third-order valence-electron chi connectivity index (χ3n) is 3.73. The van der Waals surface area contributed by atoms with Gasteiger partial charge in [-0.3, -0.25) is 4.79 Å². The predicted octanol–water partition coefficient (Wildman–Crippen LogP) is 1.15. The lowest BCUT2D eigenvalue weighted by atomic mass is 10.1. The molecule has 1 aromatic carbocycles. The van der Waals surface area contributed by atoms with Gasteiger partial charge in [0.05, 0.1) is 12.0 Å². The molecule has 2 N–H and O–H groups in total. The Morgan fingerprint density at radius 1 is 1.28 bits per heavy atom. The van der Waals surface area contributed by atoms with E-state index in [1.165, 1.54) is 31.4 Å². The molecule has 7 nitrogen and oxygen atoms in total. The van der Waals surface area contributed by atoms with Crippen LogP contribution in [0.1, 0.15) is 29.6 Å². The molecule has 2 rings (SSSR count). The van der Waals surface area contributed by atoms with Crippen LogP contribution in [-0.4, -0.2) is 51.5 Å². The molecule has 0 aliphatic heterocycles. The lowest BCUT2D eigenvalue weighted by Crippen LogP contribution is -2.41. The monoisotopic (exact) mass is 386 g/mol. The van der Waals surface area contributed by atoms with Gasteiger partial charge in [0.15, 0.2) is 0 Å². The van der Waals surface area contributed by atoms with Gasteiger partial charge >= 0.3 is 5.97 Å². The highest BCUT2D eigenvalue weighted by Gasteiger charge is 2.28. The van der Waals surface area contributed by atoms with E-state index in [4.69, 9.17) is 4.74 Å². The largest absolute Gasteiger partial charge is 0.467 e. The summed E-state index contributed by atoms with van der Waals surface area (Å²) in [5, 5.41) is 2.63.